The van der Waals surface area contributed by atoms with Crippen LogP contribution in [0.1, 0.15) is 21.7 Å². The van der Waals surface area contributed by atoms with E-state index < -0.39 is 5.82 Å². The van der Waals surface area contributed by atoms with Gasteiger partial charge in [-0.1, -0.05) is 12.1 Å². The van der Waals surface area contributed by atoms with Crippen molar-refractivity contribution in [3.63, 3.8) is 0 Å². The number of nitrogens with zero attached hydrogens (tertiary/aromatic N) is 6. The average Bonchev–Trinajstić information content (AvgIpc) is 3.48. The number of hydrogen-bond acceptors (Lipinski definition) is 7. The smallest absolute Gasteiger partial charge is 0.352 e. The van der Waals surface area contributed by atoms with Gasteiger partial charge in [-0.3, -0.25) is 14.5 Å². The standard InChI is InChI=1S/C24H21FN6O2S/c1-33-17-6-5-15(19(25)10-17)11-30-23-21(22-27-14-28-31(22)24(30)32)18-7-9-29(13-20(18)34-23)12-16-4-2-3-8-26-16/h2-6,8,10,14H,7,9,11-13H2,1H3. The molecule has 0 spiro atoms. The molecule has 0 atom stereocenters. The minimum atomic E-state index is -0.416. The Morgan fingerprint density at radius 3 is 2.88 bits per heavy atom. The van der Waals surface area contributed by atoms with E-state index in [2.05, 4.69) is 20.0 Å². The van der Waals surface area contributed by atoms with Crippen LogP contribution in [0.25, 0.3) is 15.9 Å². The molecule has 0 saturated carbocycles. The van der Waals surface area contributed by atoms with Crippen molar-refractivity contribution in [3.05, 3.63) is 86.9 Å². The third kappa shape index (κ3) is 3.46. The van der Waals surface area contributed by atoms with Gasteiger partial charge in [0.2, 0.25) is 0 Å². The van der Waals surface area contributed by atoms with Crippen molar-refractivity contribution >= 4 is 27.2 Å². The second-order valence-electron chi connectivity index (χ2n) is 8.29. The van der Waals surface area contributed by atoms with Crippen molar-refractivity contribution in [2.75, 3.05) is 13.7 Å². The van der Waals surface area contributed by atoms with Crippen LogP contribution in [-0.2, 0) is 26.1 Å². The number of thiophene rings is 1. The van der Waals surface area contributed by atoms with Crippen LogP contribution in [0.5, 0.6) is 5.75 Å². The monoisotopic (exact) mass is 476 g/mol. The maximum absolute atomic E-state index is 14.8. The Kier molecular flexibility index (Phi) is 5.11. The second-order valence-corrected chi connectivity index (χ2v) is 9.37. The second kappa shape index (κ2) is 8.30. The highest BCUT2D eigenvalue weighted by atomic mass is 32.1. The van der Waals surface area contributed by atoms with E-state index in [1.54, 1.807) is 28.0 Å². The van der Waals surface area contributed by atoms with Gasteiger partial charge in [-0.15, -0.1) is 11.3 Å². The first-order valence-corrected chi connectivity index (χ1v) is 11.8. The molecule has 0 aliphatic carbocycles. The summed E-state index contributed by atoms with van der Waals surface area (Å²) in [5.74, 6) is 0.0194. The highest BCUT2D eigenvalue weighted by Gasteiger charge is 2.26. The van der Waals surface area contributed by atoms with E-state index in [0.717, 1.165) is 42.0 Å². The number of hydrogen-bond donors (Lipinski definition) is 0. The first-order valence-electron chi connectivity index (χ1n) is 10.9. The number of aromatic nitrogens is 5. The molecule has 5 aromatic rings. The van der Waals surface area contributed by atoms with Crippen molar-refractivity contribution in [1.82, 2.24) is 29.0 Å². The minimum Gasteiger partial charge on any atom is -0.497 e. The first-order chi connectivity index (χ1) is 16.6. The SMILES string of the molecule is COc1ccc(Cn2c(=O)n3ncnc3c3c4c(sc32)CN(Cc2ccccn2)CC4)c(F)c1. The van der Waals surface area contributed by atoms with Crippen LogP contribution in [0, 0.1) is 5.82 Å². The summed E-state index contributed by atoms with van der Waals surface area (Å²) in [4.78, 5) is 26.5. The summed E-state index contributed by atoms with van der Waals surface area (Å²) in [6, 6.07) is 10.6. The van der Waals surface area contributed by atoms with Crippen LogP contribution in [0.3, 0.4) is 0 Å². The molecule has 10 heteroatoms. The Balaban J connectivity index is 1.45. The van der Waals surface area contributed by atoms with E-state index in [0.29, 0.717) is 17.0 Å². The number of benzene rings is 1. The summed E-state index contributed by atoms with van der Waals surface area (Å²) in [6.07, 6.45) is 4.04. The van der Waals surface area contributed by atoms with Gasteiger partial charge in [0.1, 0.15) is 22.7 Å². The fourth-order valence-corrected chi connectivity index (χ4v) is 5.94. The normalized spacial score (nSPS) is 14.1. The van der Waals surface area contributed by atoms with Gasteiger partial charge in [-0.2, -0.15) is 9.61 Å². The molecular formula is C24H21FN6O2S. The topological polar surface area (TPSA) is 77.5 Å². The average molecular weight is 477 g/mol. The van der Waals surface area contributed by atoms with E-state index in [9.17, 15) is 9.18 Å². The zero-order valence-electron chi connectivity index (χ0n) is 18.4. The molecule has 0 saturated heterocycles. The quantitative estimate of drug-likeness (QED) is 0.388. The van der Waals surface area contributed by atoms with Crippen molar-refractivity contribution in [2.24, 2.45) is 0 Å². The zero-order valence-corrected chi connectivity index (χ0v) is 19.3. The minimum absolute atomic E-state index is 0.0952. The summed E-state index contributed by atoms with van der Waals surface area (Å²) in [5, 5.41) is 5.10. The molecule has 1 aliphatic heterocycles. The number of pyridine rings is 1. The summed E-state index contributed by atoms with van der Waals surface area (Å²) in [6.45, 7) is 2.50. The Hall–Kier alpha value is -3.63. The van der Waals surface area contributed by atoms with Gasteiger partial charge in [-0.05, 0) is 30.2 Å². The van der Waals surface area contributed by atoms with E-state index >= 15 is 0 Å². The molecule has 34 heavy (non-hydrogen) atoms. The van der Waals surface area contributed by atoms with E-state index in [1.807, 2.05) is 24.4 Å². The highest BCUT2D eigenvalue weighted by Crippen LogP contribution is 2.37. The molecule has 172 valence electrons. The van der Waals surface area contributed by atoms with Crippen LogP contribution >= 0.6 is 11.3 Å². The molecule has 1 aromatic carbocycles. The van der Waals surface area contributed by atoms with Crippen molar-refractivity contribution in [2.45, 2.75) is 26.1 Å². The summed E-state index contributed by atoms with van der Waals surface area (Å²) < 4.78 is 22.8. The molecule has 5 heterocycles. The van der Waals surface area contributed by atoms with Crippen LogP contribution in [-0.4, -0.2) is 42.7 Å². The molecule has 0 unspecified atom stereocenters. The largest absolute Gasteiger partial charge is 0.497 e. The first kappa shape index (κ1) is 20.9. The maximum Gasteiger partial charge on any atom is 0.352 e. The van der Waals surface area contributed by atoms with E-state index in [-0.39, 0.29) is 12.2 Å². The lowest BCUT2D eigenvalue weighted by Gasteiger charge is -2.26. The highest BCUT2D eigenvalue weighted by molar-refractivity contribution is 7.19. The molecule has 8 nitrogen and oxygen atoms in total. The third-order valence-corrected chi connectivity index (χ3v) is 7.49. The van der Waals surface area contributed by atoms with Gasteiger partial charge in [0.15, 0.2) is 5.65 Å². The maximum atomic E-state index is 14.8. The lowest BCUT2D eigenvalue weighted by Crippen LogP contribution is -2.30. The predicted molar refractivity (Wildman–Crippen MR) is 127 cm³/mol. The van der Waals surface area contributed by atoms with Gasteiger partial charge >= 0.3 is 5.69 Å². The number of methoxy groups -OCH3 is 1. The zero-order chi connectivity index (χ0) is 23.2. The molecule has 1 aliphatic rings. The molecule has 0 amide bonds. The molecule has 0 radical (unpaired) electrons. The summed E-state index contributed by atoms with van der Waals surface area (Å²) >= 11 is 1.58. The number of rotatable bonds is 5. The van der Waals surface area contributed by atoms with Crippen molar-refractivity contribution in [3.8, 4) is 5.75 Å². The molecule has 0 fully saturated rings. The third-order valence-electron chi connectivity index (χ3n) is 6.25. The Morgan fingerprint density at radius 1 is 1.18 bits per heavy atom. The van der Waals surface area contributed by atoms with Gasteiger partial charge in [0.05, 0.1) is 24.7 Å². The van der Waals surface area contributed by atoms with Crippen LogP contribution in [0.4, 0.5) is 4.39 Å². The molecule has 0 bridgehead atoms. The Labute approximate surface area is 197 Å². The van der Waals surface area contributed by atoms with Gasteiger partial charge < -0.3 is 4.74 Å². The van der Waals surface area contributed by atoms with Gasteiger partial charge in [0.25, 0.3) is 0 Å². The summed E-state index contributed by atoms with van der Waals surface area (Å²) in [7, 11) is 1.49. The number of halogens is 1. The molecule has 6 rings (SSSR count). The summed E-state index contributed by atoms with van der Waals surface area (Å²) in [5.41, 5.74) is 2.85. The molecule has 0 N–H and O–H groups in total. The van der Waals surface area contributed by atoms with Crippen molar-refractivity contribution in [1.29, 1.82) is 0 Å². The predicted octanol–water partition coefficient (Wildman–Crippen LogP) is 3.26. The molecule has 4 aromatic heterocycles. The number of fused-ring (bicyclic) bond motifs is 5. The molecular weight excluding hydrogens is 455 g/mol. The van der Waals surface area contributed by atoms with E-state index in [4.69, 9.17) is 4.74 Å². The lowest BCUT2D eigenvalue weighted by molar-refractivity contribution is 0.246. The lowest BCUT2D eigenvalue weighted by atomic mass is 10.0. The number of ether oxygens (including phenoxy) is 1. The van der Waals surface area contributed by atoms with Crippen LogP contribution in [0.15, 0.2) is 53.7 Å². The van der Waals surface area contributed by atoms with Crippen LogP contribution in [0.2, 0.25) is 0 Å². The fraction of sp³-hybridized carbons (Fsp3) is 0.250. The fourth-order valence-electron chi connectivity index (χ4n) is 4.56. The van der Waals surface area contributed by atoms with Crippen LogP contribution < -0.4 is 10.4 Å². The Morgan fingerprint density at radius 2 is 2.09 bits per heavy atom. The van der Waals surface area contributed by atoms with Crippen molar-refractivity contribution < 1.29 is 9.13 Å². The Bertz CT molecular complexity index is 1580. The van der Waals surface area contributed by atoms with E-state index in [1.165, 1.54) is 34.5 Å². The van der Waals surface area contributed by atoms with Gasteiger partial charge in [-0.25, -0.2) is 14.2 Å². The van der Waals surface area contributed by atoms with Gasteiger partial charge in [0, 0.05) is 42.3 Å².